The number of carbonyl (C=O) groups is 1. The summed E-state index contributed by atoms with van der Waals surface area (Å²) in [6.45, 7) is 4.19. The van der Waals surface area contributed by atoms with E-state index >= 15 is 0 Å². The topological polar surface area (TPSA) is 84.2 Å². The first-order chi connectivity index (χ1) is 11.2. The lowest BCUT2D eigenvalue weighted by Gasteiger charge is -2.40. The van der Waals surface area contributed by atoms with Gasteiger partial charge in [0.25, 0.3) is 5.91 Å². The highest BCUT2D eigenvalue weighted by Gasteiger charge is 2.29. The molecule has 1 aliphatic carbocycles. The van der Waals surface area contributed by atoms with E-state index in [1.165, 1.54) is 18.2 Å². The number of nitrogens with one attached hydrogen (secondary N) is 1. The highest BCUT2D eigenvalue weighted by Crippen LogP contribution is 2.26. The molecular weight excluding hydrogens is 294 g/mol. The molecule has 0 saturated carbocycles. The fraction of sp³-hybridized carbons (Fsp3) is 0.500. The predicted molar refractivity (Wildman–Crippen MR) is 83.3 cm³/mol. The minimum absolute atomic E-state index is 0.125. The van der Waals surface area contributed by atoms with Crippen molar-refractivity contribution in [2.45, 2.75) is 26.2 Å². The van der Waals surface area contributed by atoms with E-state index in [1.807, 2.05) is 0 Å². The Labute approximate surface area is 134 Å². The molecule has 1 aliphatic heterocycles. The molecule has 7 heteroatoms. The average Bonchev–Trinajstić information content (AvgIpc) is 3.13. The summed E-state index contributed by atoms with van der Waals surface area (Å²) in [5.74, 6) is 1.82. The zero-order valence-corrected chi connectivity index (χ0v) is 13.1. The Morgan fingerprint density at radius 3 is 3.04 bits per heavy atom. The molecule has 120 valence electrons. The van der Waals surface area contributed by atoms with Crippen LogP contribution in [0.1, 0.15) is 33.8 Å². The van der Waals surface area contributed by atoms with Crippen LogP contribution in [0.4, 0.5) is 5.82 Å². The molecule has 0 bridgehead atoms. The van der Waals surface area contributed by atoms with Gasteiger partial charge in [0, 0.05) is 25.6 Å². The Morgan fingerprint density at radius 2 is 2.26 bits per heavy atom. The van der Waals surface area contributed by atoms with E-state index < -0.39 is 0 Å². The molecule has 1 saturated heterocycles. The highest BCUT2D eigenvalue weighted by molar-refractivity contribution is 5.94. The predicted octanol–water partition coefficient (Wildman–Crippen LogP) is 1.13. The fourth-order valence-corrected chi connectivity index (χ4v) is 3.21. The first-order valence-corrected chi connectivity index (χ1v) is 8.00. The third kappa shape index (κ3) is 2.67. The number of nitrogens with zero attached hydrogens (tertiary/aromatic N) is 4. The Morgan fingerprint density at radius 1 is 1.39 bits per heavy atom. The van der Waals surface area contributed by atoms with Crippen LogP contribution in [-0.4, -0.2) is 40.9 Å². The molecule has 0 aromatic carbocycles. The van der Waals surface area contributed by atoms with E-state index in [-0.39, 0.29) is 5.91 Å². The second-order valence-electron chi connectivity index (χ2n) is 6.30. The normalized spacial score (nSPS) is 17.0. The lowest BCUT2D eigenvalue weighted by molar-refractivity contribution is 0.0943. The number of rotatable bonds is 4. The Balaban J connectivity index is 1.29. The van der Waals surface area contributed by atoms with Gasteiger partial charge in [-0.25, -0.2) is 0 Å². The molecule has 0 unspecified atom stereocenters. The number of hydrogen-bond donors (Lipinski definition) is 1. The molecule has 3 heterocycles. The van der Waals surface area contributed by atoms with Crippen molar-refractivity contribution in [2.75, 3.05) is 24.5 Å². The molecule has 0 radical (unpaired) electrons. The smallest absolute Gasteiger partial charge is 0.256 e. The fourth-order valence-electron chi connectivity index (χ4n) is 3.21. The number of fused-ring (bicyclic) bond motifs is 1. The molecular formula is C16H19N5O2. The van der Waals surface area contributed by atoms with Crippen LogP contribution < -0.4 is 10.2 Å². The summed E-state index contributed by atoms with van der Waals surface area (Å²) in [5.41, 5.74) is 3.00. The molecule has 7 nitrogen and oxygen atoms in total. The van der Waals surface area contributed by atoms with Crippen LogP contribution in [0.2, 0.25) is 0 Å². The third-order valence-corrected chi connectivity index (χ3v) is 4.63. The first-order valence-electron chi connectivity index (χ1n) is 8.00. The van der Waals surface area contributed by atoms with Gasteiger partial charge in [0.15, 0.2) is 5.82 Å². The van der Waals surface area contributed by atoms with E-state index in [0.717, 1.165) is 37.4 Å². The van der Waals surface area contributed by atoms with Gasteiger partial charge in [0.1, 0.15) is 11.3 Å². The van der Waals surface area contributed by atoms with Crippen LogP contribution in [-0.2, 0) is 12.8 Å². The number of amides is 1. The van der Waals surface area contributed by atoms with Gasteiger partial charge in [-0.05, 0) is 37.8 Å². The molecule has 1 amide bonds. The zero-order chi connectivity index (χ0) is 15.8. The Bertz CT molecular complexity index is 736. The van der Waals surface area contributed by atoms with Crippen molar-refractivity contribution in [3.8, 4) is 0 Å². The standard InChI is InChI=1S/C16H19N5O2/c1-10-13(7-18-23-10)16(22)17-6-11-8-21(9-11)15-5-12-3-2-4-14(12)19-20-15/h5,7,11H,2-4,6,8-9H2,1H3,(H,17,22). The number of hydrogen-bond acceptors (Lipinski definition) is 6. The lowest BCUT2D eigenvalue weighted by Crippen LogP contribution is -2.52. The van der Waals surface area contributed by atoms with Crippen LogP contribution in [0.15, 0.2) is 16.8 Å². The van der Waals surface area contributed by atoms with Crippen molar-refractivity contribution >= 4 is 11.7 Å². The highest BCUT2D eigenvalue weighted by atomic mass is 16.5. The molecule has 2 aromatic rings. The van der Waals surface area contributed by atoms with Crippen LogP contribution in [0, 0.1) is 12.8 Å². The maximum Gasteiger partial charge on any atom is 0.256 e. The molecule has 23 heavy (non-hydrogen) atoms. The summed E-state index contributed by atoms with van der Waals surface area (Å²) in [7, 11) is 0. The molecule has 2 aromatic heterocycles. The number of carbonyl (C=O) groups excluding carboxylic acids is 1. The SMILES string of the molecule is Cc1oncc1C(=O)NCC1CN(c2cc3c(nn2)CCC3)C1. The average molecular weight is 313 g/mol. The monoisotopic (exact) mass is 313 g/mol. The van der Waals surface area contributed by atoms with Crippen LogP contribution >= 0.6 is 0 Å². The number of aromatic nitrogens is 3. The lowest BCUT2D eigenvalue weighted by atomic mass is 10.00. The van der Waals surface area contributed by atoms with Gasteiger partial charge in [0.05, 0.1) is 11.9 Å². The van der Waals surface area contributed by atoms with Crippen LogP contribution in [0.25, 0.3) is 0 Å². The Hall–Kier alpha value is -2.44. The molecule has 0 atom stereocenters. The maximum atomic E-state index is 12.0. The minimum Gasteiger partial charge on any atom is -0.361 e. The van der Waals surface area contributed by atoms with E-state index in [1.54, 1.807) is 6.92 Å². The van der Waals surface area contributed by atoms with Crippen molar-refractivity contribution in [2.24, 2.45) is 5.92 Å². The third-order valence-electron chi connectivity index (χ3n) is 4.63. The summed E-state index contributed by atoms with van der Waals surface area (Å²) in [5, 5.41) is 15.2. The second kappa shape index (κ2) is 5.64. The van der Waals surface area contributed by atoms with Crippen molar-refractivity contribution < 1.29 is 9.32 Å². The molecule has 1 fully saturated rings. The molecule has 0 spiro atoms. The second-order valence-corrected chi connectivity index (χ2v) is 6.30. The van der Waals surface area contributed by atoms with Gasteiger partial charge in [-0.3, -0.25) is 4.79 Å². The largest absolute Gasteiger partial charge is 0.361 e. The van der Waals surface area contributed by atoms with Gasteiger partial charge in [-0.2, -0.15) is 5.10 Å². The molecule has 4 rings (SSSR count). The first kappa shape index (κ1) is 14.2. The van der Waals surface area contributed by atoms with Crippen molar-refractivity contribution in [1.82, 2.24) is 20.7 Å². The van der Waals surface area contributed by atoms with Crippen molar-refractivity contribution in [1.29, 1.82) is 0 Å². The zero-order valence-electron chi connectivity index (χ0n) is 13.1. The van der Waals surface area contributed by atoms with Crippen LogP contribution in [0.3, 0.4) is 0 Å². The summed E-state index contributed by atoms with van der Waals surface area (Å²) < 4.78 is 4.91. The Kier molecular flexibility index (Phi) is 3.48. The quantitative estimate of drug-likeness (QED) is 0.911. The molecule has 1 N–H and O–H groups in total. The van der Waals surface area contributed by atoms with Crippen LogP contribution in [0.5, 0.6) is 0 Å². The van der Waals surface area contributed by atoms with E-state index in [0.29, 0.717) is 23.8 Å². The number of aryl methyl sites for hydroxylation is 3. The van der Waals surface area contributed by atoms with E-state index in [9.17, 15) is 4.79 Å². The van der Waals surface area contributed by atoms with Gasteiger partial charge in [0.2, 0.25) is 0 Å². The van der Waals surface area contributed by atoms with Crippen molar-refractivity contribution in [3.05, 3.63) is 34.8 Å². The minimum atomic E-state index is -0.125. The van der Waals surface area contributed by atoms with Gasteiger partial charge < -0.3 is 14.7 Å². The van der Waals surface area contributed by atoms with Gasteiger partial charge >= 0.3 is 0 Å². The van der Waals surface area contributed by atoms with Crippen molar-refractivity contribution in [3.63, 3.8) is 0 Å². The maximum absolute atomic E-state index is 12.0. The van der Waals surface area contributed by atoms with E-state index in [2.05, 4.69) is 31.6 Å². The van der Waals surface area contributed by atoms with E-state index in [4.69, 9.17) is 4.52 Å². The molecule has 2 aliphatic rings. The summed E-state index contributed by atoms with van der Waals surface area (Å²) in [6, 6.07) is 2.17. The van der Waals surface area contributed by atoms with Gasteiger partial charge in [-0.15, -0.1) is 5.10 Å². The summed E-state index contributed by atoms with van der Waals surface area (Å²) >= 11 is 0. The van der Waals surface area contributed by atoms with Gasteiger partial charge in [-0.1, -0.05) is 5.16 Å². The summed E-state index contributed by atoms with van der Waals surface area (Å²) in [4.78, 5) is 14.2. The summed E-state index contributed by atoms with van der Waals surface area (Å²) in [6.07, 6.45) is 4.81. The number of anilines is 1.